The van der Waals surface area contributed by atoms with E-state index in [4.69, 9.17) is 0 Å². The Hall–Kier alpha value is -1.37. The Morgan fingerprint density at radius 2 is 2.32 bits per heavy atom. The van der Waals surface area contributed by atoms with Gasteiger partial charge in [-0.25, -0.2) is 9.78 Å². The van der Waals surface area contributed by atoms with E-state index in [1.807, 2.05) is 4.90 Å². The molecule has 19 heavy (non-hydrogen) atoms. The van der Waals surface area contributed by atoms with E-state index in [2.05, 4.69) is 33.4 Å². The number of nitrogens with zero attached hydrogens (tertiary/aromatic N) is 4. The summed E-state index contributed by atoms with van der Waals surface area (Å²) in [7, 11) is 0. The van der Waals surface area contributed by atoms with Gasteiger partial charge in [-0.05, 0) is 5.92 Å². The first-order valence-corrected chi connectivity index (χ1v) is 7.53. The average molecular weight is 281 g/mol. The van der Waals surface area contributed by atoms with Crippen molar-refractivity contribution in [3.8, 4) is 0 Å². The maximum Gasteiger partial charge on any atom is 0.317 e. The Kier molecular flexibility index (Phi) is 3.30. The third-order valence-corrected chi connectivity index (χ3v) is 4.37. The number of fused-ring (bicyclic) bond motifs is 1. The van der Waals surface area contributed by atoms with Gasteiger partial charge < -0.3 is 15.1 Å². The number of piperazine rings is 1. The summed E-state index contributed by atoms with van der Waals surface area (Å²) in [5.41, 5.74) is 0. The van der Waals surface area contributed by atoms with Gasteiger partial charge in [-0.1, -0.05) is 13.8 Å². The molecule has 6 nitrogen and oxygen atoms in total. The van der Waals surface area contributed by atoms with Crippen LogP contribution in [0.3, 0.4) is 0 Å². The molecule has 2 aliphatic heterocycles. The van der Waals surface area contributed by atoms with Crippen LogP contribution < -0.4 is 10.2 Å². The highest BCUT2D eigenvalue weighted by atomic mass is 32.1. The lowest BCUT2D eigenvalue weighted by Gasteiger charge is -2.35. The van der Waals surface area contributed by atoms with Gasteiger partial charge in [-0.3, -0.25) is 0 Å². The predicted molar refractivity (Wildman–Crippen MR) is 74.6 cm³/mol. The van der Waals surface area contributed by atoms with E-state index in [1.54, 1.807) is 0 Å². The molecule has 104 valence electrons. The van der Waals surface area contributed by atoms with Crippen LogP contribution in [0.15, 0.2) is 0 Å². The van der Waals surface area contributed by atoms with Crippen molar-refractivity contribution < 1.29 is 4.79 Å². The van der Waals surface area contributed by atoms with Crippen molar-refractivity contribution in [3.05, 3.63) is 5.82 Å². The average Bonchev–Trinajstić information content (AvgIpc) is 2.96. The van der Waals surface area contributed by atoms with E-state index in [0.717, 1.165) is 43.6 Å². The highest BCUT2D eigenvalue weighted by molar-refractivity contribution is 7.09. The summed E-state index contributed by atoms with van der Waals surface area (Å²) >= 11 is 1.47. The molecule has 0 aromatic carbocycles. The first-order chi connectivity index (χ1) is 9.13. The van der Waals surface area contributed by atoms with Crippen LogP contribution in [-0.2, 0) is 6.42 Å². The SMILES string of the molecule is CC(C)Cc1nsc(N2CCN3C(=O)NCC3C2)n1. The van der Waals surface area contributed by atoms with Crippen LogP contribution >= 0.6 is 11.5 Å². The molecule has 1 atom stereocenters. The molecule has 3 rings (SSSR count). The molecule has 0 saturated carbocycles. The Morgan fingerprint density at radius 1 is 1.47 bits per heavy atom. The number of aromatic nitrogens is 2. The quantitative estimate of drug-likeness (QED) is 0.896. The number of hydrogen-bond donors (Lipinski definition) is 1. The summed E-state index contributed by atoms with van der Waals surface area (Å²) in [5.74, 6) is 1.52. The molecule has 1 N–H and O–H groups in total. The second-order valence-electron chi connectivity index (χ2n) is 5.57. The smallest absolute Gasteiger partial charge is 0.317 e. The molecule has 2 fully saturated rings. The fraction of sp³-hybridized carbons (Fsp3) is 0.750. The Bertz CT molecular complexity index is 474. The van der Waals surface area contributed by atoms with Gasteiger partial charge in [-0.15, -0.1) is 0 Å². The normalized spacial score (nSPS) is 22.9. The number of rotatable bonds is 3. The van der Waals surface area contributed by atoms with Crippen molar-refractivity contribution in [2.45, 2.75) is 26.3 Å². The first-order valence-electron chi connectivity index (χ1n) is 6.75. The largest absolute Gasteiger partial charge is 0.343 e. The standard InChI is InChI=1S/C12H19N5OS/c1-8(2)5-10-14-12(19-15-10)16-3-4-17-9(7-16)6-13-11(17)18/h8-9H,3-7H2,1-2H3,(H,13,18). The molecule has 2 saturated heterocycles. The minimum atomic E-state index is 0.0717. The number of nitrogens with one attached hydrogen (secondary N) is 1. The molecule has 1 aromatic rings. The topological polar surface area (TPSA) is 61.4 Å². The minimum absolute atomic E-state index is 0.0717. The summed E-state index contributed by atoms with van der Waals surface area (Å²) in [6, 6.07) is 0.348. The third-order valence-electron chi connectivity index (χ3n) is 3.55. The van der Waals surface area contributed by atoms with Crippen molar-refractivity contribution in [2.75, 3.05) is 31.1 Å². The molecule has 3 heterocycles. The van der Waals surface area contributed by atoms with Crippen molar-refractivity contribution in [1.29, 1.82) is 0 Å². The van der Waals surface area contributed by atoms with Crippen molar-refractivity contribution in [3.63, 3.8) is 0 Å². The van der Waals surface area contributed by atoms with Gasteiger partial charge in [0.25, 0.3) is 0 Å². The third kappa shape index (κ3) is 2.51. The zero-order valence-corrected chi connectivity index (χ0v) is 12.1. The summed E-state index contributed by atoms with van der Waals surface area (Å²) in [4.78, 5) is 20.3. The second kappa shape index (κ2) is 4.96. The zero-order chi connectivity index (χ0) is 13.4. The van der Waals surface area contributed by atoms with Crippen molar-refractivity contribution >= 4 is 22.7 Å². The van der Waals surface area contributed by atoms with Gasteiger partial charge in [0.2, 0.25) is 5.13 Å². The number of carbonyl (C=O) groups excluding carboxylic acids is 1. The highest BCUT2D eigenvalue weighted by Gasteiger charge is 2.36. The number of anilines is 1. The Labute approximate surface area is 117 Å². The van der Waals surface area contributed by atoms with Crippen LogP contribution in [0.4, 0.5) is 9.93 Å². The number of urea groups is 1. The molecule has 7 heteroatoms. The number of carbonyl (C=O) groups is 1. The number of amides is 2. The summed E-state index contributed by atoms with van der Waals surface area (Å²) in [6.45, 7) is 7.57. The molecular formula is C12H19N5OS. The highest BCUT2D eigenvalue weighted by Crippen LogP contribution is 2.23. The van der Waals surface area contributed by atoms with Crippen LogP contribution in [-0.4, -0.2) is 52.5 Å². The Balaban J connectivity index is 1.67. The zero-order valence-electron chi connectivity index (χ0n) is 11.3. The predicted octanol–water partition coefficient (Wildman–Crippen LogP) is 0.950. The lowest BCUT2D eigenvalue weighted by Crippen LogP contribution is -2.52. The fourth-order valence-electron chi connectivity index (χ4n) is 2.60. The maximum absolute atomic E-state index is 11.5. The lowest BCUT2D eigenvalue weighted by molar-refractivity contribution is 0.197. The monoisotopic (exact) mass is 281 g/mol. The van der Waals surface area contributed by atoms with Crippen LogP contribution in [0.25, 0.3) is 0 Å². The van der Waals surface area contributed by atoms with Gasteiger partial charge >= 0.3 is 6.03 Å². The first kappa shape index (κ1) is 12.7. The van der Waals surface area contributed by atoms with Gasteiger partial charge in [0.15, 0.2) is 0 Å². The van der Waals surface area contributed by atoms with E-state index in [1.165, 1.54) is 11.5 Å². The lowest BCUT2D eigenvalue weighted by atomic mass is 10.1. The van der Waals surface area contributed by atoms with Crippen LogP contribution in [0.5, 0.6) is 0 Å². The molecule has 0 bridgehead atoms. The second-order valence-corrected chi connectivity index (χ2v) is 6.30. The fourth-order valence-corrected chi connectivity index (χ4v) is 3.33. The van der Waals surface area contributed by atoms with E-state index >= 15 is 0 Å². The molecule has 0 aliphatic carbocycles. The maximum atomic E-state index is 11.5. The molecule has 2 aliphatic rings. The van der Waals surface area contributed by atoms with Crippen molar-refractivity contribution in [1.82, 2.24) is 19.6 Å². The van der Waals surface area contributed by atoms with E-state index < -0.39 is 0 Å². The molecular weight excluding hydrogens is 262 g/mol. The van der Waals surface area contributed by atoms with Crippen LogP contribution in [0, 0.1) is 5.92 Å². The summed E-state index contributed by atoms with van der Waals surface area (Å²) in [5, 5.41) is 3.89. The minimum Gasteiger partial charge on any atom is -0.343 e. The molecule has 0 spiro atoms. The van der Waals surface area contributed by atoms with Gasteiger partial charge in [-0.2, -0.15) is 4.37 Å². The molecule has 1 aromatic heterocycles. The Morgan fingerprint density at radius 3 is 3.11 bits per heavy atom. The summed E-state index contributed by atoms with van der Waals surface area (Å²) in [6.07, 6.45) is 0.930. The van der Waals surface area contributed by atoms with Crippen LogP contribution in [0.1, 0.15) is 19.7 Å². The van der Waals surface area contributed by atoms with E-state index in [0.29, 0.717) is 5.92 Å². The van der Waals surface area contributed by atoms with Gasteiger partial charge in [0, 0.05) is 44.1 Å². The molecule has 1 unspecified atom stereocenters. The molecule has 2 amide bonds. The molecule has 0 radical (unpaired) electrons. The summed E-state index contributed by atoms with van der Waals surface area (Å²) < 4.78 is 4.42. The van der Waals surface area contributed by atoms with Gasteiger partial charge in [0.1, 0.15) is 5.82 Å². The van der Waals surface area contributed by atoms with Crippen molar-refractivity contribution in [2.24, 2.45) is 5.92 Å². The van der Waals surface area contributed by atoms with E-state index in [9.17, 15) is 4.79 Å². The van der Waals surface area contributed by atoms with Crippen LogP contribution in [0.2, 0.25) is 0 Å². The number of hydrogen-bond acceptors (Lipinski definition) is 5. The van der Waals surface area contributed by atoms with E-state index in [-0.39, 0.29) is 12.1 Å². The van der Waals surface area contributed by atoms with Gasteiger partial charge in [0.05, 0.1) is 6.04 Å².